The summed E-state index contributed by atoms with van der Waals surface area (Å²) in [5, 5.41) is 14.8. The van der Waals surface area contributed by atoms with Crippen LogP contribution in [0.5, 0.6) is 0 Å². The van der Waals surface area contributed by atoms with Gasteiger partial charge in [-0.15, -0.1) is 0 Å². The molecule has 4 aromatic rings. The molecule has 0 aromatic carbocycles. The number of halogens is 2. The molecular weight excluding hydrogens is 494 g/mol. The van der Waals surface area contributed by atoms with E-state index in [2.05, 4.69) is 25.0 Å². The fraction of sp³-hybridized carbons (Fsp3) is 0.444. The van der Waals surface area contributed by atoms with E-state index in [1.165, 1.54) is 12.3 Å². The van der Waals surface area contributed by atoms with Crippen molar-refractivity contribution in [1.29, 1.82) is 0 Å². The van der Waals surface area contributed by atoms with Gasteiger partial charge in [-0.3, -0.25) is 9.48 Å². The topological polar surface area (TPSA) is 119 Å². The molecule has 4 aromatic heterocycles. The summed E-state index contributed by atoms with van der Waals surface area (Å²) in [6, 6.07) is 1.34. The number of ether oxygens (including phenoxy) is 1. The van der Waals surface area contributed by atoms with Crippen LogP contribution in [0.15, 0.2) is 30.9 Å². The van der Waals surface area contributed by atoms with Gasteiger partial charge in [0.05, 0.1) is 37.2 Å². The Balaban J connectivity index is 1.46. The molecule has 7 rings (SSSR count). The van der Waals surface area contributed by atoms with Crippen LogP contribution in [0.3, 0.4) is 0 Å². The number of carboxylic acid groups (broad SMARTS) is 1. The number of pyridine rings is 1. The molecule has 3 aliphatic carbocycles. The molecule has 0 aliphatic heterocycles. The van der Waals surface area contributed by atoms with Gasteiger partial charge in [0.2, 0.25) is 0 Å². The van der Waals surface area contributed by atoms with Crippen molar-refractivity contribution in [2.75, 3.05) is 13.7 Å². The summed E-state index contributed by atoms with van der Waals surface area (Å²) < 4.78 is 36.9. The second-order valence-electron chi connectivity index (χ2n) is 10.3. The van der Waals surface area contributed by atoms with Gasteiger partial charge in [0, 0.05) is 36.0 Å². The van der Waals surface area contributed by atoms with Crippen molar-refractivity contribution in [3.63, 3.8) is 0 Å². The lowest BCUT2D eigenvalue weighted by Crippen LogP contribution is -2.45. The van der Waals surface area contributed by atoms with Crippen LogP contribution in [-0.2, 0) is 22.5 Å². The fourth-order valence-electron chi connectivity index (χ4n) is 6.37. The molecule has 2 N–H and O–H groups in total. The maximum atomic E-state index is 16.1. The highest BCUT2D eigenvalue weighted by atomic mass is 19.1. The standard InChI is InChI=1S/C27H28F2N6O3/c1-38-7-6-35-13-16(10-32-35)24-23(29)21(9-18-14-2-4-15(5-3-14)22(18)27(36)37)33-26(34-24)20-12-31-25-19(20)8-17(28)11-30-25/h8,10-15,18,22H,2-7,9H2,1H3,(H,30,31)(H,36,37). The molecule has 4 heterocycles. The molecule has 0 radical (unpaired) electrons. The molecule has 2 unspecified atom stereocenters. The third kappa shape index (κ3) is 4.34. The lowest BCUT2D eigenvalue weighted by molar-refractivity contribution is -0.152. The van der Waals surface area contributed by atoms with Gasteiger partial charge < -0.3 is 14.8 Å². The zero-order chi connectivity index (χ0) is 26.4. The number of fused-ring (bicyclic) bond motifs is 4. The Morgan fingerprint density at radius 2 is 1.97 bits per heavy atom. The largest absolute Gasteiger partial charge is 0.481 e. The molecular formula is C27H28F2N6O3. The number of rotatable bonds is 8. The van der Waals surface area contributed by atoms with Gasteiger partial charge >= 0.3 is 5.97 Å². The summed E-state index contributed by atoms with van der Waals surface area (Å²) in [5.74, 6) is -2.12. The first kappa shape index (κ1) is 24.6. The van der Waals surface area contributed by atoms with Crippen molar-refractivity contribution in [1.82, 2.24) is 29.7 Å². The predicted molar refractivity (Wildman–Crippen MR) is 134 cm³/mol. The minimum absolute atomic E-state index is 0.0697. The normalized spacial score (nSPS) is 22.8. The van der Waals surface area contributed by atoms with Crippen LogP contribution >= 0.6 is 0 Å². The minimum atomic E-state index is -0.822. The van der Waals surface area contributed by atoms with E-state index in [0.29, 0.717) is 35.3 Å². The molecule has 198 valence electrons. The maximum Gasteiger partial charge on any atom is 0.307 e. The molecule has 3 saturated carbocycles. The van der Waals surface area contributed by atoms with Gasteiger partial charge in [-0.1, -0.05) is 0 Å². The number of hydrogen-bond donors (Lipinski definition) is 2. The van der Waals surface area contributed by atoms with Crippen LogP contribution in [-0.4, -0.2) is 54.5 Å². The monoisotopic (exact) mass is 522 g/mol. The molecule has 0 saturated heterocycles. The van der Waals surface area contributed by atoms with Gasteiger partial charge in [0.15, 0.2) is 11.6 Å². The summed E-state index contributed by atoms with van der Waals surface area (Å²) in [4.78, 5) is 28.5. The smallest absolute Gasteiger partial charge is 0.307 e. The number of carbonyl (C=O) groups is 1. The molecule has 0 spiro atoms. The Morgan fingerprint density at radius 1 is 1.18 bits per heavy atom. The molecule has 2 bridgehead atoms. The minimum Gasteiger partial charge on any atom is -0.481 e. The fourth-order valence-corrected chi connectivity index (χ4v) is 6.37. The average Bonchev–Trinajstić information content (AvgIpc) is 3.56. The highest BCUT2D eigenvalue weighted by Gasteiger charge is 2.47. The number of hydrogen-bond acceptors (Lipinski definition) is 6. The Labute approximate surface area is 217 Å². The molecule has 11 heteroatoms. The van der Waals surface area contributed by atoms with Crippen LogP contribution in [0.4, 0.5) is 8.78 Å². The predicted octanol–water partition coefficient (Wildman–Crippen LogP) is 4.49. The van der Waals surface area contributed by atoms with Crippen molar-refractivity contribution in [2.45, 2.75) is 38.6 Å². The number of nitrogens with one attached hydrogen (secondary N) is 1. The quantitative estimate of drug-likeness (QED) is 0.350. The first-order valence-electron chi connectivity index (χ1n) is 12.9. The van der Waals surface area contributed by atoms with E-state index in [1.54, 1.807) is 24.2 Å². The van der Waals surface area contributed by atoms with Crippen molar-refractivity contribution < 1.29 is 23.4 Å². The number of methoxy groups -OCH3 is 1. The highest BCUT2D eigenvalue weighted by Crippen LogP contribution is 2.50. The van der Waals surface area contributed by atoms with Gasteiger partial charge in [-0.2, -0.15) is 5.10 Å². The number of aromatic amines is 1. The number of aromatic nitrogens is 6. The Bertz CT molecular complexity index is 1490. The van der Waals surface area contributed by atoms with Crippen molar-refractivity contribution in [3.8, 4) is 22.6 Å². The molecule has 0 amide bonds. The lowest BCUT2D eigenvalue weighted by Gasteiger charge is -2.46. The third-order valence-corrected chi connectivity index (χ3v) is 8.19. The SMILES string of the molecule is COCCn1cc(-c2nc(-c3c[nH]c4ncc(F)cc34)nc(CC3C4CCC(CC4)C3C(=O)O)c2F)cn1. The van der Waals surface area contributed by atoms with Crippen LogP contribution in [0.2, 0.25) is 0 Å². The second-order valence-corrected chi connectivity index (χ2v) is 10.3. The van der Waals surface area contributed by atoms with Gasteiger partial charge in [0.1, 0.15) is 17.2 Å². The molecule has 38 heavy (non-hydrogen) atoms. The van der Waals surface area contributed by atoms with E-state index in [1.807, 2.05) is 0 Å². The Hall–Kier alpha value is -3.73. The molecule has 9 nitrogen and oxygen atoms in total. The number of aliphatic carboxylic acids is 1. The zero-order valence-electron chi connectivity index (χ0n) is 20.9. The van der Waals surface area contributed by atoms with Gasteiger partial charge in [-0.05, 0) is 55.9 Å². The summed E-state index contributed by atoms with van der Waals surface area (Å²) >= 11 is 0. The van der Waals surface area contributed by atoms with E-state index >= 15 is 4.39 Å². The third-order valence-electron chi connectivity index (χ3n) is 8.19. The summed E-state index contributed by atoms with van der Waals surface area (Å²) in [5.41, 5.74) is 1.64. The zero-order valence-corrected chi connectivity index (χ0v) is 20.9. The number of carboxylic acids is 1. The van der Waals surface area contributed by atoms with Crippen LogP contribution in [0.25, 0.3) is 33.7 Å². The van der Waals surface area contributed by atoms with Crippen molar-refractivity contribution in [3.05, 3.63) is 48.2 Å². The summed E-state index contributed by atoms with van der Waals surface area (Å²) in [6.07, 6.45) is 9.86. The van der Waals surface area contributed by atoms with E-state index in [9.17, 15) is 14.3 Å². The Kier molecular flexibility index (Phi) is 6.38. The highest BCUT2D eigenvalue weighted by molar-refractivity contribution is 5.91. The number of nitrogens with zero attached hydrogens (tertiary/aromatic N) is 5. The van der Waals surface area contributed by atoms with Gasteiger partial charge in [0.25, 0.3) is 0 Å². The van der Waals surface area contributed by atoms with Crippen molar-refractivity contribution in [2.24, 2.45) is 23.7 Å². The lowest BCUT2D eigenvalue weighted by atomic mass is 9.57. The van der Waals surface area contributed by atoms with E-state index in [4.69, 9.17) is 4.74 Å². The molecule has 3 aliphatic rings. The van der Waals surface area contributed by atoms with Crippen LogP contribution in [0, 0.1) is 35.3 Å². The van der Waals surface area contributed by atoms with E-state index in [-0.39, 0.29) is 41.4 Å². The van der Waals surface area contributed by atoms with E-state index < -0.39 is 23.5 Å². The first-order valence-corrected chi connectivity index (χ1v) is 12.9. The molecule has 2 atom stereocenters. The number of H-pyrrole nitrogens is 1. The maximum absolute atomic E-state index is 16.1. The average molecular weight is 523 g/mol. The van der Waals surface area contributed by atoms with Crippen LogP contribution < -0.4 is 0 Å². The van der Waals surface area contributed by atoms with Gasteiger partial charge in [-0.25, -0.2) is 23.7 Å². The van der Waals surface area contributed by atoms with Crippen LogP contribution in [0.1, 0.15) is 31.4 Å². The second kappa shape index (κ2) is 9.86. The summed E-state index contributed by atoms with van der Waals surface area (Å²) in [6.45, 7) is 0.931. The molecule has 3 fully saturated rings. The summed E-state index contributed by atoms with van der Waals surface area (Å²) in [7, 11) is 1.59. The Morgan fingerprint density at radius 3 is 2.74 bits per heavy atom. The first-order chi connectivity index (χ1) is 18.4. The van der Waals surface area contributed by atoms with E-state index in [0.717, 1.165) is 31.9 Å². The van der Waals surface area contributed by atoms with Crippen molar-refractivity contribution >= 4 is 17.0 Å².